The van der Waals surface area contributed by atoms with Crippen LogP contribution in [0.3, 0.4) is 0 Å². The highest BCUT2D eigenvalue weighted by Crippen LogP contribution is 2.35. The molecule has 72 valence electrons. The molecular weight excluding hydrogens is 172 g/mol. The topological polar surface area (TPSA) is 35.8 Å². The third kappa shape index (κ3) is 1.35. The van der Waals surface area contributed by atoms with Gasteiger partial charge in [-0.25, -0.2) is 0 Å². The molecule has 0 radical (unpaired) electrons. The number of nitrogens with one attached hydrogen (secondary N) is 1. The highest BCUT2D eigenvalue weighted by atomic mass is 14.8. The lowest BCUT2D eigenvalue weighted by Gasteiger charge is -2.23. The number of hydrogen-bond acceptors (Lipinski definition) is 2. The largest absolute Gasteiger partial charge is 0.388 e. The number of hydrogen-bond donors (Lipinski definition) is 1. The second-order valence-electron chi connectivity index (χ2n) is 3.70. The van der Waals surface area contributed by atoms with Crippen molar-refractivity contribution in [2.45, 2.75) is 25.2 Å². The Bertz CT molecular complexity index is 362. The number of benzene rings is 1. The fraction of sp³-hybridized carbons (Fsp3) is 0.417. The van der Waals surface area contributed by atoms with E-state index in [1.807, 2.05) is 7.05 Å². The summed E-state index contributed by atoms with van der Waals surface area (Å²) in [7, 11) is 1.92. The summed E-state index contributed by atoms with van der Waals surface area (Å²) >= 11 is 0. The van der Waals surface area contributed by atoms with Gasteiger partial charge >= 0.3 is 0 Å². The predicted octanol–water partition coefficient (Wildman–Crippen LogP) is 2.67. The summed E-state index contributed by atoms with van der Waals surface area (Å²) in [6.45, 7) is 0. The SMILES string of the molecule is CNc1cccc2c1C(C#N)CCC2. The zero-order valence-corrected chi connectivity index (χ0v) is 8.38. The van der Waals surface area contributed by atoms with Crippen molar-refractivity contribution in [3.8, 4) is 6.07 Å². The fourth-order valence-corrected chi connectivity index (χ4v) is 2.23. The fourth-order valence-electron chi connectivity index (χ4n) is 2.23. The Hall–Kier alpha value is -1.49. The van der Waals surface area contributed by atoms with E-state index in [1.165, 1.54) is 11.1 Å². The summed E-state index contributed by atoms with van der Waals surface area (Å²) in [5, 5.41) is 12.2. The van der Waals surface area contributed by atoms with Gasteiger partial charge in [0.1, 0.15) is 0 Å². The van der Waals surface area contributed by atoms with E-state index >= 15 is 0 Å². The summed E-state index contributed by atoms with van der Waals surface area (Å²) < 4.78 is 0. The van der Waals surface area contributed by atoms with Crippen molar-refractivity contribution in [2.75, 3.05) is 12.4 Å². The zero-order chi connectivity index (χ0) is 9.97. The van der Waals surface area contributed by atoms with Gasteiger partial charge in [-0.1, -0.05) is 12.1 Å². The summed E-state index contributed by atoms with van der Waals surface area (Å²) in [5.41, 5.74) is 3.69. The molecule has 1 unspecified atom stereocenters. The smallest absolute Gasteiger partial charge is 0.0735 e. The van der Waals surface area contributed by atoms with E-state index in [2.05, 4.69) is 29.6 Å². The van der Waals surface area contributed by atoms with E-state index in [9.17, 15) is 0 Å². The van der Waals surface area contributed by atoms with Crippen LogP contribution in [0.2, 0.25) is 0 Å². The maximum atomic E-state index is 9.08. The lowest BCUT2D eigenvalue weighted by Crippen LogP contribution is -2.10. The van der Waals surface area contributed by atoms with Gasteiger partial charge in [-0.05, 0) is 36.5 Å². The van der Waals surface area contributed by atoms with Crippen LogP contribution in [0.5, 0.6) is 0 Å². The maximum Gasteiger partial charge on any atom is 0.0735 e. The van der Waals surface area contributed by atoms with Gasteiger partial charge in [0.05, 0.1) is 12.0 Å². The van der Waals surface area contributed by atoms with Crippen LogP contribution in [0.1, 0.15) is 29.9 Å². The van der Waals surface area contributed by atoms with Crippen molar-refractivity contribution in [1.82, 2.24) is 0 Å². The molecule has 2 rings (SSSR count). The molecule has 1 aromatic rings. The first kappa shape index (κ1) is 9.08. The Balaban J connectivity index is 2.53. The molecule has 1 aromatic carbocycles. The van der Waals surface area contributed by atoms with Gasteiger partial charge in [-0.3, -0.25) is 0 Å². The van der Waals surface area contributed by atoms with Crippen molar-refractivity contribution < 1.29 is 0 Å². The minimum Gasteiger partial charge on any atom is -0.388 e. The van der Waals surface area contributed by atoms with E-state index in [-0.39, 0.29) is 5.92 Å². The Morgan fingerprint density at radius 2 is 2.36 bits per heavy atom. The van der Waals surface area contributed by atoms with Crippen LogP contribution in [0.15, 0.2) is 18.2 Å². The molecule has 0 spiro atoms. The Kier molecular flexibility index (Phi) is 2.41. The molecule has 1 atom stereocenters. The van der Waals surface area contributed by atoms with Crippen molar-refractivity contribution in [1.29, 1.82) is 5.26 Å². The molecule has 0 heterocycles. The first-order valence-electron chi connectivity index (χ1n) is 5.06. The molecule has 2 heteroatoms. The third-order valence-electron chi connectivity index (χ3n) is 2.91. The first-order chi connectivity index (χ1) is 6.86. The summed E-state index contributed by atoms with van der Waals surface area (Å²) in [6, 6.07) is 8.64. The first-order valence-corrected chi connectivity index (χ1v) is 5.06. The zero-order valence-electron chi connectivity index (χ0n) is 8.38. The van der Waals surface area contributed by atoms with Crippen LogP contribution in [0.4, 0.5) is 5.69 Å². The Morgan fingerprint density at radius 3 is 3.07 bits per heavy atom. The molecule has 2 nitrogen and oxygen atoms in total. The van der Waals surface area contributed by atoms with E-state index in [0.717, 1.165) is 24.9 Å². The predicted molar refractivity (Wildman–Crippen MR) is 57.3 cm³/mol. The monoisotopic (exact) mass is 186 g/mol. The molecule has 14 heavy (non-hydrogen) atoms. The van der Waals surface area contributed by atoms with Crippen molar-refractivity contribution in [3.63, 3.8) is 0 Å². The molecule has 1 aliphatic carbocycles. The van der Waals surface area contributed by atoms with Crippen LogP contribution in [0.25, 0.3) is 0 Å². The van der Waals surface area contributed by atoms with E-state index in [1.54, 1.807) is 0 Å². The number of nitrogens with zero attached hydrogens (tertiary/aromatic N) is 1. The van der Waals surface area contributed by atoms with Crippen LogP contribution in [-0.4, -0.2) is 7.05 Å². The number of anilines is 1. The van der Waals surface area contributed by atoms with Gasteiger partial charge in [-0.2, -0.15) is 5.26 Å². The molecular formula is C12H14N2. The highest BCUT2D eigenvalue weighted by molar-refractivity contribution is 5.58. The van der Waals surface area contributed by atoms with Crippen molar-refractivity contribution in [2.24, 2.45) is 0 Å². The molecule has 1 N–H and O–H groups in total. The average Bonchev–Trinajstić information content (AvgIpc) is 2.27. The number of rotatable bonds is 1. The van der Waals surface area contributed by atoms with Gasteiger partial charge in [0.2, 0.25) is 0 Å². The molecule has 0 saturated heterocycles. The number of fused-ring (bicyclic) bond motifs is 1. The quantitative estimate of drug-likeness (QED) is 0.732. The van der Waals surface area contributed by atoms with Crippen LogP contribution in [-0.2, 0) is 6.42 Å². The van der Waals surface area contributed by atoms with E-state index in [0.29, 0.717) is 0 Å². The summed E-state index contributed by atoms with van der Waals surface area (Å²) in [4.78, 5) is 0. The van der Waals surface area contributed by atoms with Crippen LogP contribution >= 0.6 is 0 Å². The second kappa shape index (κ2) is 3.71. The number of nitriles is 1. The molecule has 0 aromatic heterocycles. The lowest BCUT2D eigenvalue weighted by molar-refractivity contribution is 0.638. The minimum atomic E-state index is 0.0856. The molecule has 0 aliphatic heterocycles. The normalized spacial score (nSPS) is 19.6. The lowest BCUT2D eigenvalue weighted by atomic mass is 9.82. The number of aryl methyl sites for hydroxylation is 1. The van der Waals surface area contributed by atoms with Crippen molar-refractivity contribution >= 4 is 5.69 Å². The van der Waals surface area contributed by atoms with Crippen LogP contribution in [0, 0.1) is 11.3 Å². The molecule has 0 saturated carbocycles. The van der Waals surface area contributed by atoms with Gasteiger partial charge in [-0.15, -0.1) is 0 Å². The van der Waals surface area contributed by atoms with Gasteiger partial charge in [0, 0.05) is 12.7 Å². The standard InChI is InChI=1S/C12H14N2/c1-14-11-7-3-5-9-4-2-6-10(8-13)12(9)11/h3,5,7,10,14H,2,4,6H2,1H3. The minimum absolute atomic E-state index is 0.0856. The maximum absolute atomic E-state index is 9.08. The second-order valence-corrected chi connectivity index (χ2v) is 3.70. The van der Waals surface area contributed by atoms with Crippen molar-refractivity contribution in [3.05, 3.63) is 29.3 Å². The molecule has 1 aliphatic rings. The van der Waals surface area contributed by atoms with Gasteiger partial charge < -0.3 is 5.32 Å². The summed E-state index contributed by atoms with van der Waals surface area (Å²) in [5.74, 6) is 0.0856. The van der Waals surface area contributed by atoms with Gasteiger partial charge in [0.15, 0.2) is 0 Å². The molecule has 0 bridgehead atoms. The Labute approximate surface area is 84.6 Å². The third-order valence-corrected chi connectivity index (χ3v) is 2.91. The Morgan fingerprint density at radius 1 is 1.50 bits per heavy atom. The molecule has 0 amide bonds. The van der Waals surface area contributed by atoms with Gasteiger partial charge in [0.25, 0.3) is 0 Å². The molecule has 0 fully saturated rings. The van der Waals surface area contributed by atoms with Crippen LogP contribution < -0.4 is 5.32 Å². The highest BCUT2D eigenvalue weighted by Gasteiger charge is 2.22. The summed E-state index contributed by atoms with van der Waals surface area (Å²) in [6.07, 6.45) is 3.25. The van der Waals surface area contributed by atoms with E-state index in [4.69, 9.17) is 5.26 Å². The van der Waals surface area contributed by atoms with E-state index < -0.39 is 0 Å². The average molecular weight is 186 g/mol.